The van der Waals surface area contributed by atoms with Gasteiger partial charge in [-0.15, -0.1) is 0 Å². The first kappa shape index (κ1) is 21.0. The van der Waals surface area contributed by atoms with Gasteiger partial charge in [0, 0.05) is 25.2 Å². The number of hydrogen-bond donors (Lipinski definition) is 0. The second-order valence-electron chi connectivity index (χ2n) is 7.54. The average Bonchev–Trinajstić information content (AvgIpc) is 2.70. The number of nitrogens with zero attached hydrogens (tertiary/aromatic N) is 2. The van der Waals surface area contributed by atoms with Gasteiger partial charge in [0.2, 0.25) is 5.91 Å². The van der Waals surface area contributed by atoms with Crippen LogP contribution in [0.5, 0.6) is 0 Å². The van der Waals surface area contributed by atoms with E-state index in [1.165, 1.54) is 43.4 Å². The summed E-state index contributed by atoms with van der Waals surface area (Å²) in [6.45, 7) is 8.49. The summed E-state index contributed by atoms with van der Waals surface area (Å²) >= 11 is 0. The van der Waals surface area contributed by atoms with Crippen molar-refractivity contribution in [3.05, 3.63) is 35.6 Å². The molecule has 26 heavy (non-hydrogen) atoms. The summed E-state index contributed by atoms with van der Waals surface area (Å²) in [5.41, 5.74) is 2.77. The number of hydrogen-bond acceptors (Lipinski definition) is 2. The van der Waals surface area contributed by atoms with Gasteiger partial charge in [-0.25, -0.2) is 0 Å². The van der Waals surface area contributed by atoms with E-state index in [9.17, 15) is 4.79 Å². The van der Waals surface area contributed by atoms with Crippen molar-refractivity contribution in [1.29, 1.82) is 0 Å². The van der Waals surface area contributed by atoms with Crippen LogP contribution in [0.2, 0.25) is 0 Å². The quantitative estimate of drug-likeness (QED) is 0.490. The van der Waals surface area contributed by atoms with Gasteiger partial charge >= 0.3 is 0 Å². The minimum atomic E-state index is 0.290. The Morgan fingerprint density at radius 2 is 1.88 bits per heavy atom. The Bertz CT molecular complexity index is 518. The predicted octanol–water partition coefficient (Wildman–Crippen LogP) is 5.45. The fourth-order valence-corrected chi connectivity index (χ4v) is 3.93. The topological polar surface area (TPSA) is 23.6 Å². The Morgan fingerprint density at radius 3 is 2.54 bits per heavy atom. The molecule has 0 aromatic rings. The highest BCUT2D eigenvalue weighted by molar-refractivity contribution is 5.77. The second kappa shape index (κ2) is 12.1. The number of carbonyl (C=O) groups is 1. The van der Waals surface area contributed by atoms with Gasteiger partial charge in [0.1, 0.15) is 0 Å². The molecule has 1 amide bonds. The standard InChI is InChI=1S/C23H38N2O/c1-3-17-24(20-16-21-12-7-5-8-13-21)18-11-19-25(23(26)4-2)22-14-9-6-10-15-22/h7,12-14H,3-6,8-11,15-20H2,1-2H3. The zero-order valence-corrected chi connectivity index (χ0v) is 17.0. The lowest BCUT2D eigenvalue weighted by Gasteiger charge is -2.29. The molecule has 146 valence electrons. The summed E-state index contributed by atoms with van der Waals surface area (Å²) in [7, 11) is 0. The van der Waals surface area contributed by atoms with Crippen LogP contribution in [0.15, 0.2) is 35.6 Å². The third kappa shape index (κ3) is 7.11. The Balaban J connectivity index is 1.81. The van der Waals surface area contributed by atoms with Crippen LogP contribution < -0.4 is 0 Å². The van der Waals surface area contributed by atoms with Crippen LogP contribution >= 0.6 is 0 Å². The highest BCUT2D eigenvalue weighted by Gasteiger charge is 2.18. The molecule has 3 heteroatoms. The van der Waals surface area contributed by atoms with Crippen LogP contribution in [-0.4, -0.2) is 41.9 Å². The lowest BCUT2D eigenvalue weighted by Crippen LogP contribution is -2.34. The van der Waals surface area contributed by atoms with Crippen molar-refractivity contribution < 1.29 is 4.79 Å². The summed E-state index contributed by atoms with van der Waals surface area (Å²) in [5, 5.41) is 0. The zero-order valence-electron chi connectivity index (χ0n) is 17.0. The monoisotopic (exact) mass is 358 g/mol. The Morgan fingerprint density at radius 1 is 1.00 bits per heavy atom. The molecule has 2 aliphatic rings. The summed E-state index contributed by atoms with van der Waals surface area (Å²) < 4.78 is 0. The van der Waals surface area contributed by atoms with E-state index >= 15 is 0 Å². The van der Waals surface area contributed by atoms with Crippen LogP contribution in [0.3, 0.4) is 0 Å². The average molecular weight is 359 g/mol. The molecule has 0 heterocycles. The third-order valence-electron chi connectivity index (χ3n) is 5.40. The summed E-state index contributed by atoms with van der Waals surface area (Å²) in [5.74, 6) is 0.290. The molecule has 0 fully saturated rings. The lowest BCUT2D eigenvalue weighted by molar-refractivity contribution is -0.129. The second-order valence-corrected chi connectivity index (χ2v) is 7.54. The van der Waals surface area contributed by atoms with Gasteiger partial charge in [-0.2, -0.15) is 0 Å². The van der Waals surface area contributed by atoms with Gasteiger partial charge in [-0.05, 0) is 70.9 Å². The van der Waals surface area contributed by atoms with Gasteiger partial charge in [-0.1, -0.05) is 43.7 Å². The lowest BCUT2D eigenvalue weighted by atomic mass is 10.0. The summed E-state index contributed by atoms with van der Waals surface area (Å²) in [6, 6.07) is 0. The van der Waals surface area contributed by atoms with E-state index < -0.39 is 0 Å². The molecule has 0 spiro atoms. The molecule has 2 rings (SSSR count). The van der Waals surface area contributed by atoms with E-state index in [-0.39, 0.29) is 5.91 Å². The molecule has 0 aliphatic heterocycles. The molecule has 0 aromatic heterocycles. The summed E-state index contributed by atoms with van der Waals surface area (Å²) in [6.07, 6.45) is 20.4. The van der Waals surface area contributed by atoms with Crippen LogP contribution in [-0.2, 0) is 4.79 Å². The van der Waals surface area contributed by atoms with Gasteiger partial charge in [0.15, 0.2) is 0 Å². The number of carbonyl (C=O) groups excluding carboxylic acids is 1. The molecular weight excluding hydrogens is 320 g/mol. The first-order valence-corrected chi connectivity index (χ1v) is 10.8. The molecule has 0 bridgehead atoms. The van der Waals surface area contributed by atoms with Crippen LogP contribution in [0.25, 0.3) is 0 Å². The van der Waals surface area contributed by atoms with Crippen molar-refractivity contribution in [2.24, 2.45) is 0 Å². The van der Waals surface area contributed by atoms with E-state index in [0.29, 0.717) is 6.42 Å². The smallest absolute Gasteiger partial charge is 0.226 e. The Labute approximate surface area is 160 Å². The van der Waals surface area contributed by atoms with E-state index in [4.69, 9.17) is 0 Å². The zero-order chi connectivity index (χ0) is 18.6. The molecule has 3 nitrogen and oxygen atoms in total. The fraction of sp³-hybridized carbons (Fsp3) is 0.696. The van der Waals surface area contributed by atoms with E-state index in [1.54, 1.807) is 0 Å². The molecule has 0 radical (unpaired) electrons. The number of rotatable bonds is 11. The number of allylic oxidation sites excluding steroid dienone is 5. The van der Waals surface area contributed by atoms with Crippen molar-refractivity contribution in [1.82, 2.24) is 9.80 Å². The van der Waals surface area contributed by atoms with Crippen molar-refractivity contribution in [2.75, 3.05) is 26.2 Å². The van der Waals surface area contributed by atoms with Crippen LogP contribution in [0, 0.1) is 0 Å². The van der Waals surface area contributed by atoms with E-state index in [2.05, 4.69) is 41.0 Å². The van der Waals surface area contributed by atoms with Crippen LogP contribution in [0.4, 0.5) is 0 Å². The SMILES string of the molecule is CCCN(CCCN(C(=O)CC)C1=CCCCC1)CCC1=CCCC=C1. The van der Waals surface area contributed by atoms with E-state index in [0.717, 1.165) is 51.9 Å². The fourth-order valence-electron chi connectivity index (χ4n) is 3.93. The molecule has 0 aromatic carbocycles. The van der Waals surface area contributed by atoms with Crippen molar-refractivity contribution in [2.45, 2.75) is 78.1 Å². The first-order valence-electron chi connectivity index (χ1n) is 10.8. The summed E-state index contributed by atoms with van der Waals surface area (Å²) in [4.78, 5) is 17.1. The minimum absolute atomic E-state index is 0.290. The Kier molecular flexibility index (Phi) is 9.76. The molecule has 0 atom stereocenters. The molecular formula is C23H38N2O. The van der Waals surface area contributed by atoms with Crippen molar-refractivity contribution in [3.63, 3.8) is 0 Å². The maximum absolute atomic E-state index is 12.4. The largest absolute Gasteiger partial charge is 0.316 e. The molecule has 0 saturated heterocycles. The van der Waals surface area contributed by atoms with Gasteiger partial charge in [0.05, 0.1) is 0 Å². The van der Waals surface area contributed by atoms with E-state index in [1.807, 2.05) is 6.92 Å². The molecule has 0 N–H and O–H groups in total. The first-order chi connectivity index (χ1) is 12.7. The molecule has 0 unspecified atom stereocenters. The van der Waals surface area contributed by atoms with Crippen molar-refractivity contribution >= 4 is 5.91 Å². The normalized spacial score (nSPS) is 17.2. The predicted molar refractivity (Wildman–Crippen MR) is 111 cm³/mol. The maximum Gasteiger partial charge on any atom is 0.226 e. The highest BCUT2D eigenvalue weighted by Crippen LogP contribution is 2.22. The third-order valence-corrected chi connectivity index (χ3v) is 5.40. The molecule has 2 aliphatic carbocycles. The Hall–Kier alpha value is -1.35. The van der Waals surface area contributed by atoms with Crippen LogP contribution in [0.1, 0.15) is 78.1 Å². The van der Waals surface area contributed by atoms with Gasteiger partial charge < -0.3 is 9.80 Å². The highest BCUT2D eigenvalue weighted by atomic mass is 16.2. The van der Waals surface area contributed by atoms with Gasteiger partial charge in [0.25, 0.3) is 0 Å². The number of amides is 1. The van der Waals surface area contributed by atoms with Gasteiger partial charge in [-0.3, -0.25) is 4.79 Å². The van der Waals surface area contributed by atoms with Crippen molar-refractivity contribution in [3.8, 4) is 0 Å². The molecule has 0 saturated carbocycles. The minimum Gasteiger partial charge on any atom is -0.316 e. The maximum atomic E-state index is 12.4.